The molecule has 0 radical (unpaired) electrons. The second-order valence-corrected chi connectivity index (χ2v) is 25.0. The number of nitrogens with two attached hydrogens (primary N) is 2. The van der Waals surface area contributed by atoms with E-state index >= 15 is 0 Å². The molecule has 1 saturated heterocycles. The van der Waals surface area contributed by atoms with E-state index in [1.165, 1.54) is 55.5 Å². The third-order valence-electron chi connectivity index (χ3n) is 15.0. The number of nitrogens with one attached hydrogen (secondary N) is 12. The fourth-order valence-electron chi connectivity index (χ4n) is 9.41. The Hall–Kier alpha value is -6.65. The van der Waals surface area contributed by atoms with Crippen molar-refractivity contribution < 1.29 is 106 Å². The van der Waals surface area contributed by atoms with Gasteiger partial charge in [-0.2, -0.15) is 147 Å². The van der Waals surface area contributed by atoms with E-state index in [9.17, 15) is 102 Å². The number of primary amides is 1. The third kappa shape index (κ3) is 36.9. The van der Waals surface area contributed by atoms with E-state index in [1.807, 2.05) is 0 Å². The lowest BCUT2D eigenvalue weighted by Crippen LogP contribution is -2.61. The summed E-state index contributed by atoms with van der Waals surface area (Å²) >= 11 is 27.4. The fraction of sp³-hybridized carbons (Fsp3) is 0.525. The monoisotopic (exact) mass is 1750 g/mol. The number of phenols is 2. The Labute approximate surface area is 694 Å². The summed E-state index contributed by atoms with van der Waals surface area (Å²) in [7, 11) is 0. The zero-order valence-electron chi connectivity index (χ0n) is 57.7. The molecule has 2 aromatic carbocycles. The van der Waals surface area contributed by atoms with Gasteiger partial charge in [-0.3, -0.25) is 71.9 Å². The van der Waals surface area contributed by atoms with Gasteiger partial charge in [0.15, 0.2) is 12.5 Å². The van der Waals surface area contributed by atoms with Crippen LogP contribution < -0.4 is 75.3 Å². The number of carbonyl (C=O) groups excluding carboxylic acids is 14. The molecule has 0 saturated carbocycles. The number of aliphatic hydroxyl groups is 1. The normalized spacial score (nSPS) is 15.4. The van der Waals surface area contributed by atoms with Crippen molar-refractivity contribution in [2.24, 2.45) is 11.5 Å². The number of aliphatic hydroxyl groups excluding tert-OH is 1. The predicted molar refractivity (Wildman–Crippen MR) is 439 cm³/mol. The van der Waals surface area contributed by atoms with Gasteiger partial charge in [0, 0.05) is 60.3 Å². The summed E-state index contributed by atoms with van der Waals surface area (Å²) in [6, 6.07) is -8.90. The Kier molecular flexibility index (Phi) is 55.5. The molecule has 49 heteroatoms. The van der Waals surface area contributed by atoms with Crippen LogP contribution in [0.25, 0.3) is 0 Å². The van der Waals surface area contributed by atoms with Crippen LogP contribution in [0, 0.1) is 0 Å². The van der Waals surface area contributed by atoms with Gasteiger partial charge in [0.05, 0.1) is 25.1 Å². The van der Waals surface area contributed by atoms with E-state index in [-0.39, 0.29) is 128 Å². The summed E-state index contributed by atoms with van der Waals surface area (Å²) in [6.07, 6.45) is -4.01. The van der Waals surface area contributed by atoms with E-state index in [4.69, 9.17) is 15.7 Å². The SMILES string of the molecule is C[C@H](NC(=O)[C@@H]1CCCN1C(=O)C(CC(N)=O)NC(=O)[C@H](CS)NC(=O)C(CS)NC(=O)[C@H](Cc1ccc(O)cc1)NC(=O)C(CCC(=O)O)NC(=O)[C@H](CS)NC(=O)[C@@H](N)CS)C(=O)N[C@@H](CS)C(=O)N[C@H](C(=O)NCC(=O)N[C@@H](CS)C(=O)N[C@@H](Cc1ccc(O)cc1)C(=O)O)[C@@H](C)O.O=S.S.S.S.S.S. The van der Waals surface area contributed by atoms with Crippen LogP contribution in [0.5, 0.6) is 11.5 Å². The number of aliphatic carboxylic acids is 2. The first-order chi connectivity index (χ1) is 48.6. The Morgan fingerprint density at radius 2 is 0.861 bits per heavy atom. The van der Waals surface area contributed by atoms with Crippen LogP contribution >= 0.6 is 143 Å². The number of rotatable bonds is 42. The van der Waals surface area contributed by atoms with Crippen molar-refractivity contribution in [3.05, 3.63) is 59.7 Å². The van der Waals surface area contributed by atoms with Crippen molar-refractivity contribution in [1.29, 1.82) is 0 Å². The number of aromatic hydroxyl groups is 2. The Morgan fingerprint density at radius 1 is 0.491 bits per heavy atom. The number of thiol groups is 6. The standard InChI is InChI=1S/C59H85N15O21S6.OS.5H2S/c1-26(47(82)69-41(25-101)55(90)73-46(27(2)75)57(92)62-19-44(79)64-37(21-97)51(86)68-36(59(94)95)17-29-7-11-31(77)12-8-29)63-56(91)42-4-3-15-74(42)58(93)35(18-43(61)78)67-53(88)39(23-99)72-54(89)40(24-100)71-50(85)34(16-28-5-9-30(76)10-6-28)66-49(84)33(13-14-45(80)81)65-52(87)38(22-98)70-48(83)32(60)20-96;1-2;;;;;/h5-12,26-27,32-42,46,75-77,96-101H,3-4,13-25,60H2,1-2H3,(H2,61,78)(H,62,92)(H,63,91)(H,64,79)(H,65,87)(H,66,84)(H,67,88)(H,68,86)(H,69,82)(H,70,83)(H,71,85)(H,72,89)(H,73,90)(H,80,81)(H,94,95);;5*1H2/t26-,27+,32-,33?,34-,35?,36-,37-,38-,39-,40?,41-,42-,46-;;;;;;/m0....../s1. The summed E-state index contributed by atoms with van der Waals surface area (Å²) in [4.78, 5) is 213. The second-order valence-electron chi connectivity index (χ2n) is 22.9. The Balaban J connectivity index is -0.00000766. The first kappa shape index (κ1) is 108. The molecule has 0 spiro atoms. The zero-order valence-corrected chi connectivity index (χ0v) is 68.9. The number of hydrogen-bond acceptors (Lipinski definition) is 28. The lowest BCUT2D eigenvalue weighted by atomic mass is 10.0. The smallest absolute Gasteiger partial charge is 0.326 e. The maximum Gasteiger partial charge on any atom is 0.326 e. The molecule has 0 aliphatic carbocycles. The molecule has 1 aliphatic rings. The van der Waals surface area contributed by atoms with Gasteiger partial charge >= 0.3 is 11.9 Å². The molecule has 21 N–H and O–H groups in total. The van der Waals surface area contributed by atoms with Crippen molar-refractivity contribution in [1.82, 2.24) is 68.7 Å². The lowest BCUT2D eigenvalue weighted by Gasteiger charge is -2.30. The highest BCUT2D eigenvalue weighted by atomic mass is 32.1. The topological polar surface area (TPSA) is 591 Å². The number of likely N-dealkylation sites (tertiary alicyclic amines) is 1. The molecule has 1 aliphatic heterocycles. The van der Waals surface area contributed by atoms with Gasteiger partial charge in [-0.1, -0.05) is 24.3 Å². The number of carboxylic acids is 2. The quantitative estimate of drug-likeness (QED) is 0.0275. The lowest BCUT2D eigenvalue weighted by molar-refractivity contribution is -0.143. The largest absolute Gasteiger partial charge is 0.508 e. The second kappa shape index (κ2) is 55.7. The minimum atomic E-state index is -1.78. The highest BCUT2D eigenvalue weighted by Crippen LogP contribution is 2.21. The van der Waals surface area contributed by atoms with Crippen LogP contribution in [0.4, 0.5) is 0 Å². The molecule has 1 heterocycles. The maximum absolute atomic E-state index is 14.2. The van der Waals surface area contributed by atoms with Crippen LogP contribution in [-0.2, 0) is 102 Å². The summed E-state index contributed by atoms with van der Waals surface area (Å²) in [5.74, 6) is -19.3. The Bertz CT molecular complexity index is 3340. The van der Waals surface area contributed by atoms with Gasteiger partial charge in [-0.15, -0.1) is 0 Å². The van der Waals surface area contributed by atoms with Gasteiger partial charge < -0.3 is 106 Å². The molecular formula is C59H95N15O22S12. The number of hydrogen-bond donors (Lipinski definition) is 25. The summed E-state index contributed by atoms with van der Waals surface area (Å²) in [5, 5.41) is 77.2. The summed E-state index contributed by atoms with van der Waals surface area (Å²) < 4.78 is 7.83. The summed E-state index contributed by atoms with van der Waals surface area (Å²) in [5.41, 5.74) is 12.0. The molecule has 0 aromatic heterocycles. The third-order valence-corrected chi connectivity index (χ3v) is 17.2. The number of carbonyl (C=O) groups is 16. The van der Waals surface area contributed by atoms with Crippen LogP contribution in [0.2, 0.25) is 0 Å². The van der Waals surface area contributed by atoms with Crippen LogP contribution in [0.3, 0.4) is 0 Å². The van der Waals surface area contributed by atoms with Crippen molar-refractivity contribution >= 4 is 250 Å². The van der Waals surface area contributed by atoms with E-state index in [0.29, 0.717) is 11.1 Å². The highest BCUT2D eigenvalue weighted by molar-refractivity contribution is 7.81. The van der Waals surface area contributed by atoms with Crippen LogP contribution in [0.15, 0.2) is 48.5 Å². The van der Waals surface area contributed by atoms with E-state index in [2.05, 4.69) is 152 Å². The number of nitrogens with zero attached hydrogens (tertiary/aromatic N) is 1. The average molecular weight is 1750 g/mol. The molecule has 14 amide bonds. The molecule has 14 atom stereocenters. The van der Waals surface area contributed by atoms with Gasteiger partial charge in [0.1, 0.15) is 84.0 Å². The molecular weight excluding hydrogens is 1660 g/mol. The van der Waals surface area contributed by atoms with Gasteiger partial charge in [-0.25, -0.2) is 4.79 Å². The average Bonchev–Trinajstić information content (AvgIpc) is 1.64. The molecule has 37 nitrogen and oxygen atoms in total. The first-order valence-electron chi connectivity index (χ1n) is 31.1. The van der Waals surface area contributed by atoms with Crippen molar-refractivity contribution in [2.45, 2.75) is 143 Å². The number of amides is 14. The molecule has 610 valence electrons. The van der Waals surface area contributed by atoms with Crippen LogP contribution in [-0.4, -0.2) is 262 Å². The molecule has 1 fully saturated rings. The molecule has 108 heavy (non-hydrogen) atoms. The van der Waals surface area contributed by atoms with Gasteiger partial charge in [-0.05, 0) is 68.5 Å². The van der Waals surface area contributed by atoms with E-state index < -0.39 is 222 Å². The number of phenolic OH excluding ortho intramolecular Hbond substituents is 2. The fourth-order valence-corrected chi connectivity index (χ4v) is 10.9. The molecule has 2 aromatic rings. The first-order valence-corrected chi connectivity index (χ1v) is 35.2. The summed E-state index contributed by atoms with van der Waals surface area (Å²) in [6.45, 7) is 1.38. The highest BCUT2D eigenvalue weighted by Gasteiger charge is 2.41. The van der Waals surface area contributed by atoms with Crippen molar-refractivity contribution in [3.63, 3.8) is 0 Å². The molecule has 0 bridgehead atoms. The molecule has 3 unspecified atom stereocenters. The predicted octanol–water partition coefficient (Wildman–Crippen LogP) is -7.32. The minimum absolute atomic E-state index is 0. The van der Waals surface area contributed by atoms with E-state index in [1.54, 1.807) is 0 Å². The van der Waals surface area contributed by atoms with Gasteiger partial charge in [0.2, 0.25) is 82.7 Å². The maximum atomic E-state index is 14.2. The van der Waals surface area contributed by atoms with Crippen LogP contribution in [0.1, 0.15) is 57.1 Å². The van der Waals surface area contributed by atoms with E-state index in [0.717, 1.165) is 11.8 Å². The number of carboxylic acid groups (broad SMARTS) is 2. The zero-order chi connectivity index (χ0) is 78.0. The Morgan fingerprint density at radius 3 is 1.28 bits per heavy atom. The van der Waals surface area contributed by atoms with Crippen molar-refractivity contribution in [2.75, 3.05) is 47.6 Å². The molecule has 3 rings (SSSR count). The number of benzene rings is 2. The minimum Gasteiger partial charge on any atom is -0.508 e. The van der Waals surface area contributed by atoms with Gasteiger partial charge in [0.25, 0.3) is 0 Å². The van der Waals surface area contributed by atoms with Crippen molar-refractivity contribution in [3.8, 4) is 11.5 Å².